The molecule has 0 aromatic carbocycles. The van der Waals surface area contributed by atoms with E-state index in [1.807, 2.05) is 11.9 Å². The Morgan fingerprint density at radius 3 is 2.78 bits per heavy atom. The van der Waals surface area contributed by atoms with Crippen molar-refractivity contribution >= 4 is 5.91 Å². The van der Waals surface area contributed by atoms with Crippen LogP contribution in [0.1, 0.15) is 75.8 Å². The van der Waals surface area contributed by atoms with Crippen LogP contribution in [0.4, 0.5) is 0 Å². The van der Waals surface area contributed by atoms with Crippen molar-refractivity contribution in [3.63, 3.8) is 0 Å². The van der Waals surface area contributed by atoms with Gasteiger partial charge in [0.25, 0.3) is 5.91 Å². The van der Waals surface area contributed by atoms with Crippen LogP contribution in [0, 0.1) is 34.5 Å². The lowest BCUT2D eigenvalue weighted by Crippen LogP contribution is -2.53. The van der Waals surface area contributed by atoms with Gasteiger partial charge in [0.15, 0.2) is 0 Å². The largest absolute Gasteiger partial charge is 0.351 e. The van der Waals surface area contributed by atoms with Crippen molar-refractivity contribution in [2.75, 3.05) is 20.6 Å². The van der Waals surface area contributed by atoms with Gasteiger partial charge in [-0.3, -0.25) is 4.79 Å². The summed E-state index contributed by atoms with van der Waals surface area (Å²) in [4.78, 5) is 17.4. The van der Waals surface area contributed by atoms with Gasteiger partial charge in [0.1, 0.15) is 0 Å². The van der Waals surface area contributed by atoms with Crippen molar-refractivity contribution in [2.24, 2.45) is 34.5 Å². The molecule has 1 aromatic rings. The first-order valence-corrected chi connectivity index (χ1v) is 12.9. The second-order valence-electron chi connectivity index (χ2n) is 12.1. The second kappa shape index (κ2) is 7.19. The molecular formula is C27H39N3O2. The zero-order valence-corrected chi connectivity index (χ0v) is 20.2. The highest BCUT2D eigenvalue weighted by molar-refractivity contribution is 5.91. The van der Waals surface area contributed by atoms with Crippen LogP contribution in [0.25, 0.3) is 0 Å². The molecule has 1 spiro atoms. The number of allylic oxidation sites excluding steroid dienone is 1. The summed E-state index contributed by atoms with van der Waals surface area (Å²) in [5, 5.41) is 3.71. The molecule has 1 amide bonds. The Labute approximate surface area is 192 Å². The third-order valence-corrected chi connectivity index (χ3v) is 11.2. The lowest BCUT2D eigenvalue weighted by Gasteiger charge is -2.58. The molecule has 4 aliphatic carbocycles. The van der Waals surface area contributed by atoms with Gasteiger partial charge in [0, 0.05) is 31.7 Å². The van der Waals surface area contributed by atoms with Gasteiger partial charge in [-0.15, -0.1) is 0 Å². The van der Waals surface area contributed by atoms with E-state index in [1.165, 1.54) is 45.1 Å². The van der Waals surface area contributed by atoms with Gasteiger partial charge in [0.2, 0.25) is 5.76 Å². The molecule has 0 bridgehead atoms. The number of aromatic nitrogens is 1. The number of likely N-dealkylation sites (tertiary alicyclic amines) is 1. The number of nitrogens with zero attached hydrogens (tertiary/aromatic N) is 3. The average molecular weight is 438 g/mol. The first kappa shape index (κ1) is 20.9. The number of hydrogen-bond donors (Lipinski definition) is 0. The molecule has 174 valence electrons. The van der Waals surface area contributed by atoms with E-state index < -0.39 is 0 Å². The molecule has 1 saturated heterocycles. The zero-order chi connectivity index (χ0) is 22.3. The Balaban J connectivity index is 1.23. The maximum absolute atomic E-state index is 12.8. The maximum Gasteiger partial charge on any atom is 0.292 e. The molecule has 0 radical (unpaired) electrons. The zero-order valence-electron chi connectivity index (χ0n) is 20.2. The fraction of sp³-hybridized carbons (Fsp3) is 0.778. The maximum atomic E-state index is 12.8. The topological polar surface area (TPSA) is 49.6 Å². The predicted molar refractivity (Wildman–Crippen MR) is 124 cm³/mol. The van der Waals surface area contributed by atoms with Gasteiger partial charge in [-0.05, 0) is 99.8 Å². The number of hydrogen-bond acceptors (Lipinski definition) is 4. The van der Waals surface area contributed by atoms with Gasteiger partial charge in [-0.1, -0.05) is 23.7 Å². The molecule has 5 aliphatic rings. The van der Waals surface area contributed by atoms with Crippen LogP contribution >= 0.6 is 0 Å². The molecular weight excluding hydrogens is 398 g/mol. The summed E-state index contributed by atoms with van der Waals surface area (Å²) in [5.74, 6) is 3.84. The third kappa shape index (κ3) is 2.72. The molecule has 5 nitrogen and oxygen atoms in total. The minimum absolute atomic E-state index is 0.0403. The quantitative estimate of drug-likeness (QED) is 0.611. The average Bonchev–Trinajstić information content (AvgIpc) is 3.49. The smallest absolute Gasteiger partial charge is 0.292 e. The van der Waals surface area contributed by atoms with Crippen molar-refractivity contribution in [2.45, 2.75) is 77.3 Å². The molecule has 1 aliphatic heterocycles. The summed E-state index contributed by atoms with van der Waals surface area (Å²) in [6.45, 7) is 6.38. The first-order chi connectivity index (χ1) is 15.3. The van der Waals surface area contributed by atoms with Crippen LogP contribution in [0.15, 0.2) is 28.4 Å². The molecule has 1 unspecified atom stereocenters. The number of amides is 1. The minimum Gasteiger partial charge on any atom is -0.351 e. The van der Waals surface area contributed by atoms with Crippen LogP contribution in [0.5, 0.6) is 0 Å². The van der Waals surface area contributed by atoms with Crippen LogP contribution < -0.4 is 0 Å². The molecule has 1 aromatic heterocycles. The van der Waals surface area contributed by atoms with Crippen molar-refractivity contribution in [3.8, 4) is 0 Å². The molecule has 6 rings (SSSR count). The van der Waals surface area contributed by atoms with E-state index in [2.05, 4.69) is 37.0 Å². The molecule has 8 atom stereocenters. The van der Waals surface area contributed by atoms with E-state index >= 15 is 0 Å². The van der Waals surface area contributed by atoms with Gasteiger partial charge in [-0.2, -0.15) is 0 Å². The van der Waals surface area contributed by atoms with E-state index in [0.29, 0.717) is 16.6 Å². The van der Waals surface area contributed by atoms with Crippen LogP contribution in [-0.4, -0.2) is 53.6 Å². The van der Waals surface area contributed by atoms with Crippen molar-refractivity contribution in [3.05, 3.63) is 29.7 Å². The summed E-state index contributed by atoms with van der Waals surface area (Å²) in [7, 11) is 4.30. The number of rotatable bonds is 2. The van der Waals surface area contributed by atoms with Gasteiger partial charge < -0.3 is 14.3 Å². The second-order valence-corrected chi connectivity index (χ2v) is 12.1. The number of fused-ring (bicyclic) bond motifs is 4. The van der Waals surface area contributed by atoms with E-state index in [4.69, 9.17) is 4.52 Å². The summed E-state index contributed by atoms with van der Waals surface area (Å²) in [6.07, 6.45) is 14.5. The van der Waals surface area contributed by atoms with Crippen molar-refractivity contribution in [1.82, 2.24) is 15.0 Å². The first-order valence-electron chi connectivity index (χ1n) is 12.9. The normalized spacial score (nSPS) is 45.4. The SMILES string of the molecule is C[C@H]1[C@H]2CC[C@H]3[C@@H]4CC=C5C[C@@H](N(C)C(=O)c6ccno6)CC[C@]5(C)C4CC[C@]23CN1C. The minimum atomic E-state index is -0.0403. The lowest BCUT2D eigenvalue weighted by atomic mass is 9.47. The molecule has 5 heteroatoms. The molecule has 0 N–H and O–H groups in total. The Morgan fingerprint density at radius 1 is 1.19 bits per heavy atom. The van der Waals surface area contributed by atoms with Crippen LogP contribution in [-0.2, 0) is 0 Å². The highest BCUT2D eigenvalue weighted by Gasteiger charge is 2.64. The Hall–Kier alpha value is -1.62. The Kier molecular flexibility index (Phi) is 4.71. The van der Waals surface area contributed by atoms with E-state index in [1.54, 1.807) is 17.8 Å². The summed E-state index contributed by atoms with van der Waals surface area (Å²) in [6, 6.07) is 2.69. The third-order valence-electron chi connectivity index (χ3n) is 11.2. The molecule has 2 heterocycles. The van der Waals surface area contributed by atoms with Crippen LogP contribution in [0.2, 0.25) is 0 Å². The Morgan fingerprint density at radius 2 is 2.00 bits per heavy atom. The number of carbonyl (C=O) groups excluding carboxylic acids is 1. The lowest BCUT2D eigenvalue weighted by molar-refractivity contribution is -0.0431. The van der Waals surface area contributed by atoms with Gasteiger partial charge in [0.05, 0.1) is 6.20 Å². The summed E-state index contributed by atoms with van der Waals surface area (Å²) in [5.41, 5.74) is 2.55. The molecule has 4 fully saturated rings. The highest BCUT2D eigenvalue weighted by Crippen LogP contribution is 2.68. The fourth-order valence-corrected chi connectivity index (χ4v) is 9.44. The van der Waals surface area contributed by atoms with E-state index in [-0.39, 0.29) is 11.9 Å². The number of carbonyl (C=O) groups is 1. The van der Waals surface area contributed by atoms with Crippen LogP contribution in [0.3, 0.4) is 0 Å². The standard InChI is InChI=1S/C27H39N3O2/c1-17-21-7-8-23-20-6-5-18-15-19(30(4)25(31)24-11-14-28-32-24)9-12-26(18,2)22(20)10-13-27(21,23)16-29(17)3/h5,11,14,17,19-23H,6-10,12-13,15-16H2,1-4H3/t17-,19-,20+,21+,22?,23-,26-,27-/m0/s1. The fourth-order valence-electron chi connectivity index (χ4n) is 9.44. The summed E-state index contributed by atoms with van der Waals surface area (Å²) < 4.78 is 5.13. The van der Waals surface area contributed by atoms with Gasteiger partial charge in [-0.25, -0.2) is 0 Å². The highest BCUT2D eigenvalue weighted by atomic mass is 16.5. The van der Waals surface area contributed by atoms with E-state index in [9.17, 15) is 4.79 Å². The Bertz CT molecular complexity index is 925. The van der Waals surface area contributed by atoms with E-state index in [0.717, 1.165) is 42.6 Å². The van der Waals surface area contributed by atoms with Crippen molar-refractivity contribution in [1.29, 1.82) is 0 Å². The summed E-state index contributed by atoms with van der Waals surface area (Å²) >= 11 is 0. The predicted octanol–water partition coefficient (Wildman–Crippen LogP) is 5.01. The monoisotopic (exact) mass is 437 g/mol. The molecule has 32 heavy (non-hydrogen) atoms. The van der Waals surface area contributed by atoms with Gasteiger partial charge >= 0.3 is 0 Å². The molecule has 3 saturated carbocycles. The van der Waals surface area contributed by atoms with Crippen molar-refractivity contribution < 1.29 is 9.32 Å².